The van der Waals surface area contributed by atoms with E-state index in [9.17, 15) is 4.79 Å². The number of carbonyl (C=O) groups is 1. The van der Waals surface area contributed by atoms with Gasteiger partial charge in [-0.15, -0.1) is 0 Å². The van der Waals surface area contributed by atoms with Gasteiger partial charge in [0, 0.05) is 17.5 Å². The molecule has 1 saturated carbocycles. The largest absolute Gasteiger partial charge is 0.490 e. The number of hydrogen-bond acceptors (Lipinski definition) is 3. The van der Waals surface area contributed by atoms with Gasteiger partial charge in [-0.3, -0.25) is 0 Å². The van der Waals surface area contributed by atoms with Crippen LogP contribution in [0.25, 0.3) is 0 Å². The van der Waals surface area contributed by atoms with Crippen molar-refractivity contribution >= 4 is 6.29 Å². The predicted molar refractivity (Wildman–Crippen MR) is 90.3 cm³/mol. The average Bonchev–Trinajstić information content (AvgIpc) is 2.43. The molecule has 122 valence electrons. The fourth-order valence-corrected chi connectivity index (χ4v) is 2.76. The smallest absolute Gasteiger partial charge is 0.125 e. The third-order valence-corrected chi connectivity index (χ3v) is 4.24. The molecule has 1 fully saturated rings. The van der Waals surface area contributed by atoms with E-state index in [4.69, 9.17) is 4.74 Å². The molecule has 0 bridgehead atoms. The van der Waals surface area contributed by atoms with Gasteiger partial charge in [0.05, 0.1) is 0 Å². The summed E-state index contributed by atoms with van der Waals surface area (Å²) < 4.78 is 6.05. The van der Waals surface area contributed by atoms with E-state index in [0.29, 0.717) is 18.2 Å². The highest BCUT2D eigenvalue weighted by atomic mass is 16.5. The molecule has 2 rings (SSSR count). The quantitative estimate of drug-likeness (QED) is 0.743. The van der Waals surface area contributed by atoms with Crippen LogP contribution in [-0.4, -0.2) is 24.5 Å². The molecule has 0 heterocycles. The zero-order chi connectivity index (χ0) is 16.2. The Morgan fingerprint density at radius 3 is 2.73 bits per heavy atom. The molecule has 0 atom stereocenters. The first-order valence-electron chi connectivity index (χ1n) is 8.36. The van der Waals surface area contributed by atoms with E-state index in [1.54, 1.807) is 0 Å². The molecule has 0 amide bonds. The number of hydrogen-bond donors (Lipinski definition) is 1. The molecule has 1 N–H and O–H groups in total. The standard InChI is InChI=1S/C19H29NO2/c1-14(2)20-16-11-18(12-16)22-17-7-5-6-15(10-17)8-9-19(3,4)13-21/h5-7,10,13-14,16,18,20H,8-9,11-12H2,1-4H3. The lowest BCUT2D eigenvalue weighted by atomic mass is 9.88. The van der Waals surface area contributed by atoms with Crippen molar-refractivity contribution in [1.82, 2.24) is 5.32 Å². The molecule has 3 heteroatoms. The van der Waals surface area contributed by atoms with Crippen molar-refractivity contribution in [3.63, 3.8) is 0 Å². The highest BCUT2D eigenvalue weighted by Gasteiger charge is 2.30. The molecular weight excluding hydrogens is 274 g/mol. The molecular formula is C19H29NO2. The molecule has 22 heavy (non-hydrogen) atoms. The fraction of sp³-hybridized carbons (Fsp3) is 0.632. The van der Waals surface area contributed by atoms with Gasteiger partial charge in [-0.05, 0) is 43.4 Å². The van der Waals surface area contributed by atoms with Crippen molar-refractivity contribution in [3.8, 4) is 5.75 Å². The Bertz CT molecular complexity index is 490. The van der Waals surface area contributed by atoms with Gasteiger partial charge in [0.15, 0.2) is 0 Å². The van der Waals surface area contributed by atoms with Crippen molar-refractivity contribution in [2.24, 2.45) is 5.41 Å². The minimum Gasteiger partial charge on any atom is -0.490 e. The van der Waals surface area contributed by atoms with Crippen LogP contribution >= 0.6 is 0 Å². The van der Waals surface area contributed by atoms with Crippen molar-refractivity contribution in [3.05, 3.63) is 29.8 Å². The number of benzene rings is 1. The molecule has 0 aromatic heterocycles. The number of rotatable bonds is 8. The minimum absolute atomic E-state index is 0.249. The topological polar surface area (TPSA) is 38.3 Å². The number of nitrogens with one attached hydrogen (secondary N) is 1. The Morgan fingerprint density at radius 1 is 1.36 bits per heavy atom. The maximum Gasteiger partial charge on any atom is 0.125 e. The van der Waals surface area contributed by atoms with E-state index in [1.807, 2.05) is 26.0 Å². The molecule has 0 unspecified atom stereocenters. The summed E-state index contributed by atoms with van der Waals surface area (Å²) >= 11 is 0. The first kappa shape index (κ1) is 17.0. The highest BCUT2D eigenvalue weighted by molar-refractivity contribution is 5.57. The normalized spacial score (nSPS) is 21.5. The van der Waals surface area contributed by atoms with Crippen LogP contribution in [0.5, 0.6) is 5.75 Å². The molecule has 1 aromatic rings. The lowest BCUT2D eigenvalue weighted by Crippen LogP contribution is -2.49. The molecule has 0 saturated heterocycles. The van der Waals surface area contributed by atoms with Gasteiger partial charge in [-0.1, -0.05) is 39.8 Å². The summed E-state index contributed by atoms with van der Waals surface area (Å²) in [5.74, 6) is 0.953. The van der Waals surface area contributed by atoms with E-state index >= 15 is 0 Å². The van der Waals surface area contributed by atoms with Gasteiger partial charge < -0.3 is 14.8 Å². The van der Waals surface area contributed by atoms with Crippen molar-refractivity contribution in [2.75, 3.05) is 0 Å². The molecule has 1 aliphatic carbocycles. The van der Waals surface area contributed by atoms with Gasteiger partial charge in [0.25, 0.3) is 0 Å². The second-order valence-electron chi connectivity index (χ2n) is 7.48. The second-order valence-corrected chi connectivity index (χ2v) is 7.48. The Kier molecular flexibility index (Phi) is 5.63. The van der Waals surface area contributed by atoms with Crippen molar-refractivity contribution < 1.29 is 9.53 Å². The van der Waals surface area contributed by atoms with E-state index in [0.717, 1.165) is 37.7 Å². The first-order valence-corrected chi connectivity index (χ1v) is 8.36. The van der Waals surface area contributed by atoms with Crippen LogP contribution in [0.2, 0.25) is 0 Å². The molecule has 1 aromatic carbocycles. The summed E-state index contributed by atoms with van der Waals surface area (Å²) in [5.41, 5.74) is 0.990. The number of ether oxygens (including phenoxy) is 1. The van der Waals surface area contributed by atoms with Gasteiger partial charge >= 0.3 is 0 Å². The monoisotopic (exact) mass is 303 g/mol. The highest BCUT2D eigenvalue weighted by Crippen LogP contribution is 2.28. The van der Waals surface area contributed by atoms with Crippen LogP contribution in [0, 0.1) is 5.41 Å². The third kappa shape index (κ3) is 5.13. The van der Waals surface area contributed by atoms with Crippen molar-refractivity contribution in [1.29, 1.82) is 0 Å². The van der Waals surface area contributed by atoms with Crippen LogP contribution in [0.15, 0.2) is 24.3 Å². The first-order chi connectivity index (χ1) is 10.4. The van der Waals surface area contributed by atoms with Crippen LogP contribution in [0.3, 0.4) is 0 Å². The van der Waals surface area contributed by atoms with E-state index < -0.39 is 0 Å². The lowest BCUT2D eigenvalue weighted by Gasteiger charge is -2.37. The zero-order valence-corrected chi connectivity index (χ0v) is 14.3. The summed E-state index contributed by atoms with van der Waals surface area (Å²) in [5, 5.41) is 3.54. The van der Waals surface area contributed by atoms with Crippen molar-refractivity contribution in [2.45, 2.75) is 71.6 Å². The molecule has 0 spiro atoms. The average molecular weight is 303 g/mol. The summed E-state index contributed by atoms with van der Waals surface area (Å²) in [7, 11) is 0. The summed E-state index contributed by atoms with van der Waals surface area (Å²) in [6.07, 6.45) is 5.32. The summed E-state index contributed by atoms with van der Waals surface area (Å²) in [6.45, 7) is 8.32. The van der Waals surface area contributed by atoms with E-state index in [2.05, 4.69) is 31.3 Å². The van der Waals surface area contributed by atoms with E-state index in [1.165, 1.54) is 5.56 Å². The Labute approximate surface area is 134 Å². The van der Waals surface area contributed by atoms with Crippen LogP contribution in [-0.2, 0) is 11.2 Å². The summed E-state index contributed by atoms with van der Waals surface area (Å²) in [4.78, 5) is 11.0. The number of aldehydes is 1. The van der Waals surface area contributed by atoms with Gasteiger partial charge in [-0.2, -0.15) is 0 Å². The Balaban J connectivity index is 1.81. The molecule has 0 aliphatic heterocycles. The third-order valence-electron chi connectivity index (χ3n) is 4.24. The molecule has 1 aliphatic rings. The zero-order valence-electron chi connectivity index (χ0n) is 14.3. The maximum atomic E-state index is 11.0. The summed E-state index contributed by atoms with van der Waals surface area (Å²) in [6, 6.07) is 9.43. The second kappa shape index (κ2) is 7.28. The fourth-order valence-electron chi connectivity index (χ4n) is 2.76. The lowest BCUT2D eigenvalue weighted by molar-refractivity contribution is -0.114. The number of carbonyl (C=O) groups excluding carboxylic acids is 1. The minimum atomic E-state index is -0.249. The maximum absolute atomic E-state index is 11.0. The predicted octanol–water partition coefficient (Wildman–Crippen LogP) is 3.75. The molecule has 3 nitrogen and oxygen atoms in total. The van der Waals surface area contributed by atoms with Gasteiger partial charge in [0.2, 0.25) is 0 Å². The van der Waals surface area contributed by atoms with Crippen LogP contribution < -0.4 is 10.1 Å². The Morgan fingerprint density at radius 2 is 2.09 bits per heavy atom. The van der Waals surface area contributed by atoms with Crippen LogP contribution in [0.1, 0.15) is 52.5 Å². The van der Waals surface area contributed by atoms with Crippen LogP contribution in [0.4, 0.5) is 0 Å². The Hall–Kier alpha value is -1.35. The molecule has 0 radical (unpaired) electrons. The van der Waals surface area contributed by atoms with Gasteiger partial charge in [-0.25, -0.2) is 0 Å². The SMILES string of the molecule is CC(C)NC1CC(Oc2cccc(CCC(C)(C)C=O)c2)C1. The van der Waals surface area contributed by atoms with E-state index in [-0.39, 0.29) is 5.41 Å². The van der Waals surface area contributed by atoms with Gasteiger partial charge in [0.1, 0.15) is 18.1 Å². The number of aryl methyl sites for hydroxylation is 1.